The average molecular weight is 431 g/mol. The first-order valence-electron chi connectivity index (χ1n) is 9.85. The molecule has 1 aliphatic carbocycles. The maximum Gasteiger partial charge on any atom is 0.331 e. The Labute approximate surface area is 177 Å². The Morgan fingerprint density at radius 2 is 1.93 bits per heavy atom. The van der Waals surface area contributed by atoms with Gasteiger partial charge in [-0.1, -0.05) is 24.6 Å². The lowest BCUT2D eigenvalue weighted by Gasteiger charge is -2.17. The van der Waals surface area contributed by atoms with E-state index < -0.39 is 22.8 Å². The van der Waals surface area contributed by atoms with Crippen molar-refractivity contribution in [1.29, 1.82) is 0 Å². The van der Waals surface area contributed by atoms with Crippen LogP contribution in [-0.2, 0) is 17.9 Å². The SMILES string of the molecule is CCCn1c(=O)c2c(C)c(C(=O)C3=C(O)CCCC3=O)ccc2n(C/C=C/Cl)c1=O. The number of hydrogen-bond donors (Lipinski definition) is 1. The van der Waals surface area contributed by atoms with Gasteiger partial charge >= 0.3 is 5.69 Å². The largest absolute Gasteiger partial charge is 0.511 e. The molecule has 0 aliphatic heterocycles. The highest BCUT2D eigenvalue weighted by Crippen LogP contribution is 2.26. The number of aliphatic hydroxyl groups is 1. The van der Waals surface area contributed by atoms with E-state index in [1.807, 2.05) is 6.92 Å². The van der Waals surface area contributed by atoms with Crippen molar-refractivity contribution >= 4 is 34.1 Å². The van der Waals surface area contributed by atoms with E-state index in [2.05, 4.69) is 0 Å². The van der Waals surface area contributed by atoms with Gasteiger partial charge in [-0.15, -0.1) is 0 Å². The lowest BCUT2D eigenvalue weighted by atomic mass is 9.88. The highest BCUT2D eigenvalue weighted by Gasteiger charge is 2.29. The van der Waals surface area contributed by atoms with Gasteiger partial charge in [0.2, 0.25) is 0 Å². The standard InChI is InChI=1S/C22H23ClN2O5/c1-3-11-25-21(29)18-13(2)14(20(28)19-16(26)6-4-7-17(19)27)8-9-15(18)24(22(25)30)12-5-10-23/h5,8-10,26H,3-4,6-7,11-12H2,1-2H3/b10-5+. The number of aryl methyl sites for hydroxylation is 1. The minimum atomic E-state index is -0.601. The summed E-state index contributed by atoms with van der Waals surface area (Å²) in [5, 5.41) is 10.4. The second-order valence-electron chi connectivity index (χ2n) is 7.27. The number of fused-ring (bicyclic) bond motifs is 1. The number of halogens is 1. The Morgan fingerprint density at radius 3 is 2.57 bits per heavy atom. The van der Waals surface area contributed by atoms with E-state index in [1.54, 1.807) is 13.0 Å². The maximum atomic E-state index is 13.1. The molecule has 0 bridgehead atoms. The number of Topliss-reactive ketones (excluding diaryl/α,β-unsaturated/α-hetero) is 2. The lowest BCUT2D eigenvalue weighted by molar-refractivity contribution is -0.116. The van der Waals surface area contributed by atoms with E-state index >= 15 is 0 Å². The third-order valence-electron chi connectivity index (χ3n) is 5.34. The Hall–Kier alpha value is -2.93. The minimum Gasteiger partial charge on any atom is -0.511 e. The van der Waals surface area contributed by atoms with Crippen molar-refractivity contribution in [3.05, 3.63) is 67.0 Å². The smallest absolute Gasteiger partial charge is 0.331 e. The van der Waals surface area contributed by atoms with Gasteiger partial charge in [0.25, 0.3) is 5.56 Å². The molecular formula is C22H23ClN2O5. The number of carbonyl (C=O) groups excluding carboxylic acids is 2. The summed E-state index contributed by atoms with van der Waals surface area (Å²) in [7, 11) is 0. The number of aliphatic hydroxyl groups excluding tert-OH is 1. The van der Waals surface area contributed by atoms with Crippen molar-refractivity contribution in [3.8, 4) is 0 Å². The number of hydrogen-bond acceptors (Lipinski definition) is 5. The molecule has 1 heterocycles. The van der Waals surface area contributed by atoms with E-state index in [0.29, 0.717) is 23.9 Å². The Balaban J connectivity index is 2.32. The normalized spacial score (nSPS) is 14.8. The summed E-state index contributed by atoms with van der Waals surface area (Å²) in [5.74, 6) is -1.21. The molecule has 7 nitrogen and oxygen atoms in total. The molecule has 8 heteroatoms. The molecule has 1 N–H and O–H groups in total. The van der Waals surface area contributed by atoms with Crippen LogP contribution in [-0.4, -0.2) is 25.8 Å². The first-order chi connectivity index (χ1) is 14.3. The highest BCUT2D eigenvalue weighted by molar-refractivity contribution is 6.27. The predicted octanol–water partition coefficient (Wildman–Crippen LogP) is 3.38. The molecule has 0 radical (unpaired) electrons. The van der Waals surface area contributed by atoms with Gasteiger partial charge in [-0.2, -0.15) is 0 Å². The maximum absolute atomic E-state index is 13.1. The molecule has 0 amide bonds. The molecule has 158 valence electrons. The number of nitrogens with zero attached hydrogens (tertiary/aromatic N) is 2. The summed E-state index contributed by atoms with van der Waals surface area (Å²) >= 11 is 5.63. The first kappa shape index (κ1) is 21.8. The van der Waals surface area contributed by atoms with Crippen molar-refractivity contribution in [2.45, 2.75) is 52.6 Å². The number of carbonyl (C=O) groups is 2. The molecule has 0 atom stereocenters. The molecule has 30 heavy (non-hydrogen) atoms. The van der Waals surface area contributed by atoms with Crippen LogP contribution in [0.5, 0.6) is 0 Å². The molecule has 2 aromatic rings. The van der Waals surface area contributed by atoms with Crippen LogP contribution in [0.3, 0.4) is 0 Å². The second kappa shape index (κ2) is 8.83. The summed E-state index contributed by atoms with van der Waals surface area (Å²) in [4.78, 5) is 51.3. The Morgan fingerprint density at radius 1 is 1.20 bits per heavy atom. The van der Waals surface area contributed by atoms with Crippen LogP contribution in [0.25, 0.3) is 10.9 Å². The van der Waals surface area contributed by atoms with Gasteiger partial charge in [-0.05, 0) is 37.5 Å². The summed E-state index contributed by atoms with van der Waals surface area (Å²) in [6.45, 7) is 3.88. The van der Waals surface area contributed by atoms with Crippen molar-refractivity contribution < 1.29 is 14.7 Å². The van der Waals surface area contributed by atoms with Gasteiger partial charge in [0.05, 0.1) is 10.9 Å². The van der Waals surface area contributed by atoms with Crippen molar-refractivity contribution in [2.75, 3.05) is 0 Å². The average Bonchev–Trinajstić information content (AvgIpc) is 2.70. The van der Waals surface area contributed by atoms with Gasteiger partial charge in [0.15, 0.2) is 11.6 Å². The van der Waals surface area contributed by atoms with Crippen LogP contribution in [0.4, 0.5) is 0 Å². The molecule has 0 unspecified atom stereocenters. The molecule has 1 aromatic heterocycles. The van der Waals surface area contributed by atoms with Gasteiger partial charge in [0.1, 0.15) is 11.3 Å². The first-order valence-corrected chi connectivity index (χ1v) is 10.3. The molecular weight excluding hydrogens is 408 g/mol. The zero-order valence-corrected chi connectivity index (χ0v) is 17.7. The third-order valence-corrected chi connectivity index (χ3v) is 5.51. The lowest BCUT2D eigenvalue weighted by Crippen LogP contribution is -2.40. The predicted molar refractivity (Wildman–Crippen MR) is 115 cm³/mol. The number of ketones is 2. The fraction of sp³-hybridized carbons (Fsp3) is 0.364. The zero-order valence-electron chi connectivity index (χ0n) is 16.9. The van der Waals surface area contributed by atoms with Crippen LogP contribution >= 0.6 is 11.6 Å². The van der Waals surface area contributed by atoms with Crippen molar-refractivity contribution in [2.24, 2.45) is 0 Å². The van der Waals surface area contributed by atoms with Gasteiger partial charge < -0.3 is 5.11 Å². The number of aromatic nitrogens is 2. The van der Waals surface area contributed by atoms with E-state index in [-0.39, 0.29) is 48.2 Å². The van der Waals surface area contributed by atoms with E-state index in [0.717, 1.165) is 4.57 Å². The summed E-state index contributed by atoms with van der Waals surface area (Å²) in [6.07, 6.45) is 3.14. The molecule has 1 aromatic carbocycles. The monoisotopic (exact) mass is 430 g/mol. The van der Waals surface area contributed by atoms with Crippen LogP contribution < -0.4 is 11.2 Å². The number of benzene rings is 1. The van der Waals surface area contributed by atoms with Gasteiger partial charge in [-0.3, -0.25) is 23.5 Å². The van der Waals surface area contributed by atoms with E-state index in [4.69, 9.17) is 11.6 Å². The van der Waals surface area contributed by atoms with E-state index in [9.17, 15) is 24.3 Å². The van der Waals surface area contributed by atoms with Crippen molar-refractivity contribution in [3.63, 3.8) is 0 Å². The molecule has 0 fully saturated rings. The second-order valence-corrected chi connectivity index (χ2v) is 7.52. The Bertz CT molecular complexity index is 1220. The molecule has 1 aliphatic rings. The van der Waals surface area contributed by atoms with Crippen LogP contribution in [0.2, 0.25) is 0 Å². The van der Waals surface area contributed by atoms with Gasteiger partial charge in [0, 0.05) is 37.0 Å². The zero-order chi connectivity index (χ0) is 22.0. The summed E-state index contributed by atoms with van der Waals surface area (Å²) in [6, 6.07) is 3.02. The highest BCUT2D eigenvalue weighted by atomic mass is 35.5. The minimum absolute atomic E-state index is 0.164. The van der Waals surface area contributed by atoms with Crippen LogP contribution in [0.1, 0.15) is 48.5 Å². The fourth-order valence-corrected chi connectivity index (χ4v) is 3.95. The third kappa shape index (κ3) is 3.65. The van der Waals surface area contributed by atoms with Crippen molar-refractivity contribution in [1.82, 2.24) is 9.13 Å². The van der Waals surface area contributed by atoms with Crippen LogP contribution in [0.15, 0.2) is 44.7 Å². The number of allylic oxidation sites excluding steroid dienone is 3. The molecule has 0 saturated heterocycles. The topological polar surface area (TPSA) is 98.4 Å². The molecule has 0 spiro atoms. The number of rotatable bonds is 6. The van der Waals surface area contributed by atoms with E-state index in [1.165, 1.54) is 22.2 Å². The van der Waals surface area contributed by atoms with Crippen LogP contribution in [0, 0.1) is 6.92 Å². The quantitative estimate of drug-likeness (QED) is 0.559. The molecule has 0 saturated carbocycles. The molecule has 3 rings (SSSR count). The Kier molecular flexibility index (Phi) is 6.41. The summed E-state index contributed by atoms with van der Waals surface area (Å²) < 4.78 is 2.57. The van der Waals surface area contributed by atoms with Gasteiger partial charge in [-0.25, -0.2) is 4.79 Å². The summed E-state index contributed by atoms with van der Waals surface area (Å²) in [5.41, 5.74) is 1.06. The fourth-order valence-electron chi connectivity index (χ4n) is 3.87.